The molecule has 0 amide bonds. The molecule has 0 spiro atoms. The highest BCUT2D eigenvalue weighted by molar-refractivity contribution is 8.42. The van der Waals surface area contributed by atoms with E-state index in [1.54, 1.807) is 24.3 Å². The average molecular weight is 386 g/mol. The maximum atomic E-state index is 11.7. The summed E-state index contributed by atoms with van der Waals surface area (Å²) in [5.74, 6) is 0.157. The normalized spacial score (nSPS) is 13.2. The lowest BCUT2D eigenvalue weighted by Gasteiger charge is -2.15. The largest absolute Gasteiger partial charge is 0.496 e. The van der Waals surface area contributed by atoms with Crippen LogP contribution in [0.25, 0.3) is 0 Å². The van der Waals surface area contributed by atoms with Gasteiger partial charge in [0.25, 0.3) is 0 Å². The van der Waals surface area contributed by atoms with E-state index in [9.17, 15) is 8.77 Å². The second-order valence-electron chi connectivity index (χ2n) is 4.46. The first-order valence-corrected chi connectivity index (χ1v) is 10.0. The number of rotatable bonds is 7. The lowest BCUT2D eigenvalue weighted by molar-refractivity contribution is 0.213. The Balaban J connectivity index is 2.63. The summed E-state index contributed by atoms with van der Waals surface area (Å²) < 4.78 is 33.1. The lowest BCUT2D eigenvalue weighted by Crippen LogP contribution is -2.12. The molecule has 0 saturated carbocycles. The second kappa shape index (κ2) is 8.21. The Labute approximate surface area is 145 Å². The number of ether oxygens (including phenoxy) is 1. The molecule has 2 N–H and O–H groups in total. The van der Waals surface area contributed by atoms with Crippen LogP contribution in [0.4, 0.5) is 0 Å². The van der Waals surface area contributed by atoms with E-state index < -0.39 is 17.5 Å². The molecule has 1 aromatic heterocycles. The number of hydrogen-bond acceptors (Lipinski definition) is 7. The number of nitrogens with zero attached hydrogens (tertiary/aromatic N) is 2. The van der Waals surface area contributed by atoms with Crippen molar-refractivity contribution < 1.29 is 32.3 Å². The van der Waals surface area contributed by atoms with E-state index in [-0.39, 0.29) is 22.8 Å². The molecule has 2 rings (SSSR count). The molecule has 9 nitrogen and oxygen atoms in total. The van der Waals surface area contributed by atoms with Gasteiger partial charge in [-0.25, -0.2) is 8.77 Å². The Kier molecular flexibility index (Phi) is 6.27. The molecule has 25 heavy (non-hydrogen) atoms. The summed E-state index contributed by atoms with van der Waals surface area (Å²) in [6.07, 6.45) is 1.53. The van der Waals surface area contributed by atoms with E-state index in [4.69, 9.17) is 23.5 Å². The first-order valence-electron chi connectivity index (χ1n) is 6.74. The first kappa shape index (κ1) is 19.1. The summed E-state index contributed by atoms with van der Waals surface area (Å²) in [5, 5.41) is 3.90. The average Bonchev–Trinajstić information content (AvgIpc) is 2.59. The molecule has 1 atom stereocenters. The van der Waals surface area contributed by atoms with Gasteiger partial charge in [-0.1, -0.05) is 17.3 Å². The maximum absolute atomic E-state index is 11.7. The van der Waals surface area contributed by atoms with Crippen molar-refractivity contribution in [1.82, 2.24) is 4.98 Å². The van der Waals surface area contributed by atoms with Crippen LogP contribution in [0.15, 0.2) is 47.8 Å². The highest BCUT2D eigenvalue weighted by Gasteiger charge is 2.29. The SMILES string of the molecule is CON=C(c1ccccn1)c1c(OC)cccc1OS(=O)P(=O)(O)O. The van der Waals surface area contributed by atoms with Crippen LogP contribution in [0.1, 0.15) is 11.3 Å². The van der Waals surface area contributed by atoms with Gasteiger partial charge < -0.3 is 23.5 Å². The van der Waals surface area contributed by atoms with E-state index in [0.717, 1.165) is 0 Å². The number of aromatic nitrogens is 1. The number of benzene rings is 1. The van der Waals surface area contributed by atoms with Crippen molar-refractivity contribution in [2.24, 2.45) is 5.16 Å². The zero-order chi connectivity index (χ0) is 18.4. The molecule has 2 aromatic rings. The third kappa shape index (κ3) is 4.64. The predicted octanol–water partition coefficient (Wildman–Crippen LogP) is 1.62. The van der Waals surface area contributed by atoms with Crippen LogP contribution in [0.2, 0.25) is 0 Å². The zero-order valence-electron chi connectivity index (χ0n) is 13.2. The predicted molar refractivity (Wildman–Crippen MR) is 90.7 cm³/mol. The Bertz CT molecular complexity index is 838. The van der Waals surface area contributed by atoms with Gasteiger partial charge in [0, 0.05) is 6.20 Å². The smallest absolute Gasteiger partial charge is 0.451 e. The number of hydrogen-bond donors (Lipinski definition) is 2. The van der Waals surface area contributed by atoms with Crippen LogP contribution in [0, 0.1) is 0 Å². The molecule has 0 bridgehead atoms. The maximum Gasteiger partial charge on any atom is 0.451 e. The third-order valence-electron chi connectivity index (χ3n) is 2.89. The summed E-state index contributed by atoms with van der Waals surface area (Å²) in [7, 11) is -0.170. The molecule has 1 aromatic carbocycles. The summed E-state index contributed by atoms with van der Waals surface area (Å²) >= 11 is 0. The Morgan fingerprint density at radius 1 is 1.16 bits per heavy atom. The summed E-state index contributed by atoms with van der Waals surface area (Å²) in [5.41, 5.74) is 0.756. The standard InChI is InChI=1S/C14H15N2O7PS/c1-21-11-7-5-8-12(23-25(20)24(17,18)19)13(11)14(16-22-2)10-6-3-4-9-15-10/h3-9H,1-2H3,(H2,17,18,19). The van der Waals surface area contributed by atoms with E-state index in [0.29, 0.717) is 5.69 Å². The third-order valence-corrected chi connectivity index (χ3v) is 4.99. The zero-order valence-corrected chi connectivity index (χ0v) is 14.9. The van der Waals surface area contributed by atoms with Gasteiger partial charge in [-0.3, -0.25) is 4.98 Å². The quantitative estimate of drug-likeness (QED) is 0.417. The van der Waals surface area contributed by atoms with E-state index in [1.165, 1.54) is 32.5 Å². The van der Waals surface area contributed by atoms with E-state index >= 15 is 0 Å². The summed E-state index contributed by atoms with van der Waals surface area (Å²) in [6.45, 7) is -4.96. The molecule has 0 aliphatic carbocycles. The van der Waals surface area contributed by atoms with Crippen molar-refractivity contribution in [3.63, 3.8) is 0 Å². The fourth-order valence-electron chi connectivity index (χ4n) is 1.92. The van der Waals surface area contributed by atoms with Gasteiger partial charge in [0.15, 0.2) is 5.75 Å². The van der Waals surface area contributed by atoms with Crippen LogP contribution in [0.3, 0.4) is 0 Å². The first-order chi connectivity index (χ1) is 11.9. The molecule has 134 valence electrons. The van der Waals surface area contributed by atoms with Crippen molar-refractivity contribution in [2.45, 2.75) is 0 Å². The Hall–Kier alpha value is -2.26. The van der Waals surface area contributed by atoms with Crippen LogP contribution in [-0.2, 0) is 20.1 Å². The monoisotopic (exact) mass is 386 g/mol. The topological polar surface area (TPSA) is 128 Å². The van der Waals surface area contributed by atoms with Crippen LogP contribution in [-0.4, -0.2) is 38.9 Å². The summed E-state index contributed by atoms with van der Waals surface area (Å²) in [6, 6.07) is 9.54. The molecule has 0 aliphatic rings. The molecule has 1 unspecified atom stereocenters. The minimum atomic E-state index is -4.96. The van der Waals surface area contributed by atoms with Gasteiger partial charge in [-0.05, 0) is 24.3 Å². The van der Waals surface area contributed by atoms with Crippen LogP contribution in [0.5, 0.6) is 11.5 Å². The minimum absolute atomic E-state index is 0.109. The highest BCUT2D eigenvalue weighted by atomic mass is 32.8. The molecule has 0 saturated heterocycles. The molecular formula is C14H15N2O7PS. The minimum Gasteiger partial charge on any atom is -0.496 e. The number of methoxy groups -OCH3 is 1. The lowest BCUT2D eigenvalue weighted by atomic mass is 10.0. The van der Waals surface area contributed by atoms with E-state index in [2.05, 4.69) is 10.1 Å². The molecule has 0 aliphatic heterocycles. The van der Waals surface area contributed by atoms with Gasteiger partial charge >= 0.3 is 17.5 Å². The molecule has 0 fully saturated rings. The van der Waals surface area contributed by atoms with Crippen molar-refractivity contribution >= 4 is 23.2 Å². The van der Waals surface area contributed by atoms with Gasteiger partial charge in [0.05, 0.1) is 18.4 Å². The van der Waals surface area contributed by atoms with Crippen LogP contribution < -0.4 is 8.92 Å². The number of oxime groups is 1. The molecule has 11 heteroatoms. The van der Waals surface area contributed by atoms with Gasteiger partial charge in [0.2, 0.25) is 0 Å². The van der Waals surface area contributed by atoms with E-state index in [1.807, 2.05) is 0 Å². The van der Waals surface area contributed by atoms with Crippen LogP contribution >= 0.6 is 6.80 Å². The fraction of sp³-hybridized carbons (Fsp3) is 0.143. The van der Waals surface area contributed by atoms with Gasteiger partial charge in [-0.2, -0.15) is 0 Å². The molecule has 0 radical (unpaired) electrons. The van der Waals surface area contributed by atoms with Crippen molar-refractivity contribution in [2.75, 3.05) is 14.2 Å². The fourth-order valence-corrected chi connectivity index (χ4v) is 2.85. The molecular weight excluding hydrogens is 371 g/mol. The Morgan fingerprint density at radius 2 is 1.88 bits per heavy atom. The highest BCUT2D eigenvalue weighted by Crippen LogP contribution is 2.42. The number of pyridine rings is 1. The Morgan fingerprint density at radius 3 is 2.44 bits per heavy atom. The van der Waals surface area contributed by atoms with Crippen molar-refractivity contribution in [3.8, 4) is 11.5 Å². The summed E-state index contributed by atoms with van der Waals surface area (Å²) in [4.78, 5) is 27.0. The molecule has 1 heterocycles. The van der Waals surface area contributed by atoms with Crippen molar-refractivity contribution in [3.05, 3.63) is 53.9 Å². The van der Waals surface area contributed by atoms with Crippen molar-refractivity contribution in [1.29, 1.82) is 0 Å². The second-order valence-corrected chi connectivity index (χ2v) is 8.37. The van der Waals surface area contributed by atoms with Gasteiger partial charge in [0.1, 0.15) is 18.6 Å². The van der Waals surface area contributed by atoms with Gasteiger partial charge in [-0.15, -0.1) is 0 Å².